The van der Waals surface area contributed by atoms with E-state index in [9.17, 15) is 5.11 Å². The minimum absolute atomic E-state index is 0.468. The van der Waals surface area contributed by atoms with Crippen molar-refractivity contribution in [3.8, 4) is 0 Å². The maximum Gasteiger partial charge on any atom is 0.124 e. The molecule has 1 N–H and O–H groups in total. The Morgan fingerprint density at radius 2 is 2.22 bits per heavy atom. The third kappa shape index (κ3) is 2.74. The van der Waals surface area contributed by atoms with E-state index in [1.165, 1.54) is 0 Å². The van der Waals surface area contributed by atoms with Crippen LogP contribution in [0, 0.1) is 0 Å². The van der Waals surface area contributed by atoms with Gasteiger partial charge in [-0.1, -0.05) is 18.5 Å². The minimum atomic E-state index is -0.823. The third-order valence-electron chi connectivity index (χ3n) is 2.57. The highest BCUT2D eigenvalue weighted by atomic mass is 79.9. The normalized spacial score (nSPS) is 12.7. The Kier molecular flexibility index (Phi) is 4.37. The lowest BCUT2D eigenvalue weighted by Gasteiger charge is -2.14. The highest BCUT2D eigenvalue weighted by Crippen LogP contribution is 2.29. The zero-order chi connectivity index (χ0) is 13.1. The van der Waals surface area contributed by atoms with Gasteiger partial charge in [0.1, 0.15) is 6.10 Å². The van der Waals surface area contributed by atoms with Crippen LogP contribution in [0.15, 0.2) is 29.1 Å². The van der Waals surface area contributed by atoms with Crippen molar-refractivity contribution >= 4 is 27.5 Å². The van der Waals surface area contributed by atoms with Gasteiger partial charge in [-0.2, -0.15) is 5.10 Å². The summed E-state index contributed by atoms with van der Waals surface area (Å²) < 4.78 is 2.55. The Morgan fingerprint density at radius 1 is 1.44 bits per heavy atom. The highest BCUT2D eigenvalue weighted by molar-refractivity contribution is 9.10. The summed E-state index contributed by atoms with van der Waals surface area (Å²) in [5.74, 6) is 0. The van der Waals surface area contributed by atoms with Gasteiger partial charge in [0.2, 0.25) is 0 Å². The van der Waals surface area contributed by atoms with Crippen molar-refractivity contribution in [3.05, 3.63) is 45.4 Å². The summed E-state index contributed by atoms with van der Waals surface area (Å²) in [5.41, 5.74) is 1.29. The number of aliphatic hydroxyl groups excluding tert-OH is 1. The first-order valence-electron chi connectivity index (χ1n) is 5.63. The first kappa shape index (κ1) is 13.5. The number of halogens is 2. The number of nitrogens with zero attached hydrogens (tertiary/aromatic N) is 3. The molecule has 4 nitrogen and oxygen atoms in total. The minimum Gasteiger partial charge on any atom is -0.382 e. The van der Waals surface area contributed by atoms with Crippen LogP contribution in [0.3, 0.4) is 0 Å². The molecule has 6 heteroatoms. The number of hydrogen-bond donors (Lipinski definition) is 1. The van der Waals surface area contributed by atoms with E-state index in [-0.39, 0.29) is 0 Å². The van der Waals surface area contributed by atoms with Crippen LogP contribution < -0.4 is 0 Å². The van der Waals surface area contributed by atoms with Crippen LogP contribution >= 0.6 is 27.5 Å². The van der Waals surface area contributed by atoms with E-state index in [1.807, 2.05) is 13.0 Å². The van der Waals surface area contributed by atoms with E-state index in [2.05, 4.69) is 26.0 Å². The van der Waals surface area contributed by atoms with Crippen LogP contribution in [0.4, 0.5) is 0 Å². The number of aliphatic hydroxyl groups is 1. The number of pyridine rings is 1. The first-order valence-corrected chi connectivity index (χ1v) is 6.80. The molecule has 96 valence electrons. The molecule has 0 aromatic carbocycles. The summed E-state index contributed by atoms with van der Waals surface area (Å²) in [6, 6.07) is 1.82. The molecular weight excluding hydrogens is 318 g/mol. The van der Waals surface area contributed by atoms with E-state index in [0.29, 0.717) is 16.3 Å². The molecule has 2 aromatic rings. The molecule has 18 heavy (non-hydrogen) atoms. The quantitative estimate of drug-likeness (QED) is 0.936. The summed E-state index contributed by atoms with van der Waals surface area (Å²) >= 11 is 9.42. The zero-order valence-corrected chi connectivity index (χ0v) is 12.2. The molecular formula is C12H13BrClN3O. The van der Waals surface area contributed by atoms with E-state index >= 15 is 0 Å². The van der Waals surface area contributed by atoms with Crippen molar-refractivity contribution in [2.24, 2.45) is 0 Å². The summed E-state index contributed by atoms with van der Waals surface area (Å²) in [5, 5.41) is 15.0. The summed E-state index contributed by atoms with van der Waals surface area (Å²) in [6.07, 6.45) is 4.95. The van der Waals surface area contributed by atoms with Gasteiger partial charge < -0.3 is 5.11 Å². The fourth-order valence-corrected chi connectivity index (χ4v) is 2.40. The molecule has 0 saturated heterocycles. The Balaban J connectivity index is 2.39. The molecule has 0 aliphatic carbocycles. The fraction of sp³-hybridized carbons (Fsp3) is 0.333. The molecule has 2 aromatic heterocycles. The summed E-state index contributed by atoms with van der Waals surface area (Å²) in [4.78, 5) is 4.04. The molecule has 0 aliphatic heterocycles. The van der Waals surface area contributed by atoms with Crippen LogP contribution in [-0.2, 0) is 6.54 Å². The SMILES string of the molecule is CCCn1ncc(Cl)c1C(O)c1cncc(Br)c1. The van der Waals surface area contributed by atoms with Crippen molar-refractivity contribution in [1.82, 2.24) is 14.8 Å². The second-order valence-corrected chi connectivity index (χ2v) is 5.26. The van der Waals surface area contributed by atoms with Crippen LogP contribution in [0.2, 0.25) is 5.02 Å². The summed E-state index contributed by atoms with van der Waals surface area (Å²) in [7, 11) is 0. The maximum absolute atomic E-state index is 10.4. The monoisotopic (exact) mass is 329 g/mol. The third-order valence-corrected chi connectivity index (χ3v) is 3.29. The molecule has 0 saturated carbocycles. The summed E-state index contributed by atoms with van der Waals surface area (Å²) in [6.45, 7) is 2.77. The molecule has 2 heterocycles. The van der Waals surface area contributed by atoms with Gasteiger partial charge in [0, 0.05) is 29.0 Å². The molecule has 1 unspecified atom stereocenters. The second kappa shape index (κ2) is 5.82. The highest BCUT2D eigenvalue weighted by Gasteiger charge is 2.20. The molecule has 0 radical (unpaired) electrons. The Hall–Kier alpha value is -0.910. The topological polar surface area (TPSA) is 50.9 Å². The maximum atomic E-state index is 10.4. The Labute approximate surface area is 119 Å². The van der Waals surface area contributed by atoms with Gasteiger partial charge in [0.05, 0.1) is 16.9 Å². The van der Waals surface area contributed by atoms with Crippen LogP contribution in [0.25, 0.3) is 0 Å². The zero-order valence-electron chi connectivity index (χ0n) is 9.85. The molecule has 2 rings (SSSR count). The number of rotatable bonds is 4. The molecule has 0 amide bonds. The lowest BCUT2D eigenvalue weighted by molar-refractivity contribution is 0.207. The largest absolute Gasteiger partial charge is 0.382 e. The second-order valence-electron chi connectivity index (χ2n) is 3.94. The van der Waals surface area contributed by atoms with Gasteiger partial charge in [-0.05, 0) is 28.4 Å². The number of hydrogen-bond acceptors (Lipinski definition) is 3. The first-order chi connectivity index (χ1) is 8.63. The molecule has 0 aliphatic rings. The lowest BCUT2D eigenvalue weighted by Crippen LogP contribution is -2.10. The molecule has 0 spiro atoms. The van der Waals surface area contributed by atoms with E-state index in [0.717, 1.165) is 17.4 Å². The van der Waals surface area contributed by atoms with Crippen molar-refractivity contribution in [2.75, 3.05) is 0 Å². The van der Waals surface area contributed by atoms with Crippen molar-refractivity contribution < 1.29 is 5.11 Å². The van der Waals surface area contributed by atoms with Crippen molar-refractivity contribution in [1.29, 1.82) is 0 Å². The smallest absolute Gasteiger partial charge is 0.124 e. The average molecular weight is 331 g/mol. The van der Waals surface area contributed by atoms with Crippen molar-refractivity contribution in [2.45, 2.75) is 26.0 Å². The fourth-order valence-electron chi connectivity index (χ4n) is 1.77. The van der Waals surface area contributed by atoms with Crippen LogP contribution in [-0.4, -0.2) is 19.9 Å². The Morgan fingerprint density at radius 3 is 2.89 bits per heavy atom. The van der Waals surface area contributed by atoms with Crippen LogP contribution in [0.1, 0.15) is 30.7 Å². The van der Waals surface area contributed by atoms with Gasteiger partial charge in [0.15, 0.2) is 0 Å². The van der Waals surface area contributed by atoms with E-state index in [1.54, 1.807) is 23.3 Å². The number of aromatic nitrogens is 3. The molecule has 1 atom stereocenters. The number of aryl methyl sites for hydroxylation is 1. The van der Waals surface area contributed by atoms with Gasteiger partial charge in [-0.3, -0.25) is 9.67 Å². The van der Waals surface area contributed by atoms with E-state index in [4.69, 9.17) is 11.6 Å². The average Bonchev–Trinajstić information content (AvgIpc) is 2.70. The van der Waals surface area contributed by atoms with Gasteiger partial charge >= 0.3 is 0 Å². The van der Waals surface area contributed by atoms with Gasteiger partial charge in [0.25, 0.3) is 0 Å². The Bertz CT molecular complexity index is 544. The lowest BCUT2D eigenvalue weighted by atomic mass is 10.1. The van der Waals surface area contributed by atoms with Crippen LogP contribution in [0.5, 0.6) is 0 Å². The van der Waals surface area contributed by atoms with Gasteiger partial charge in [-0.25, -0.2) is 0 Å². The molecule has 0 fully saturated rings. The van der Waals surface area contributed by atoms with E-state index < -0.39 is 6.10 Å². The standard InChI is InChI=1S/C12H13BrClN3O/c1-2-3-17-11(10(14)7-16-17)12(18)8-4-9(13)6-15-5-8/h4-7,12,18H,2-3H2,1H3. The molecule has 0 bridgehead atoms. The van der Waals surface area contributed by atoms with Gasteiger partial charge in [-0.15, -0.1) is 0 Å². The van der Waals surface area contributed by atoms with Crippen molar-refractivity contribution in [3.63, 3.8) is 0 Å². The predicted octanol–water partition coefficient (Wildman–Crippen LogP) is 3.19. The predicted molar refractivity (Wildman–Crippen MR) is 73.5 cm³/mol.